The van der Waals surface area contributed by atoms with Crippen LogP contribution in [0.2, 0.25) is 0 Å². The molecule has 1 aromatic carbocycles. The number of carbonyl (C=O) groups excluding carboxylic acids is 1. The average Bonchev–Trinajstić information content (AvgIpc) is 3.07. The van der Waals surface area contributed by atoms with Crippen LogP contribution in [0.3, 0.4) is 0 Å². The van der Waals surface area contributed by atoms with Gasteiger partial charge in [0.25, 0.3) is 0 Å². The van der Waals surface area contributed by atoms with Crippen molar-refractivity contribution >= 4 is 16.8 Å². The summed E-state index contributed by atoms with van der Waals surface area (Å²) in [6, 6.07) is 4.04. The predicted molar refractivity (Wildman–Crippen MR) is 137 cm³/mol. The molecule has 5 heteroatoms. The minimum absolute atomic E-state index is 0.0180. The lowest BCUT2D eigenvalue weighted by Crippen LogP contribution is -2.42. The number of hydrogen-bond donors (Lipinski definition) is 4. The number of benzene rings is 1. The zero-order chi connectivity index (χ0) is 24.1. The van der Waals surface area contributed by atoms with E-state index in [0.29, 0.717) is 13.0 Å². The number of amides is 1. The lowest BCUT2D eigenvalue weighted by Gasteiger charge is -2.21. The standard InChI is InChI=1S/C27H46N4O/c1-8-18-15-19-20(17-22(29)25(32)30-14-12-10-9-11-13-28)24(27(5,6)7)31-23(19)21(16-18)26(2,3)4/h15-16,22,31H,8-14,17,28-29H2,1-7H3,(H,30,32)/t22-/m0/s1. The van der Waals surface area contributed by atoms with Gasteiger partial charge in [0.15, 0.2) is 0 Å². The summed E-state index contributed by atoms with van der Waals surface area (Å²) in [6.45, 7) is 17.0. The van der Waals surface area contributed by atoms with Crippen LogP contribution in [0.5, 0.6) is 0 Å². The Morgan fingerprint density at radius 3 is 2.25 bits per heavy atom. The van der Waals surface area contributed by atoms with Crippen LogP contribution >= 0.6 is 0 Å². The molecule has 1 atom stereocenters. The van der Waals surface area contributed by atoms with Crippen molar-refractivity contribution in [1.82, 2.24) is 10.3 Å². The number of aromatic nitrogens is 1. The molecule has 2 rings (SSSR count). The molecule has 0 saturated carbocycles. The Bertz CT molecular complexity index is 899. The fourth-order valence-electron chi connectivity index (χ4n) is 4.34. The van der Waals surface area contributed by atoms with Crippen molar-refractivity contribution in [3.05, 3.63) is 34.5 Å². The largest absolute Gasteiger partial charge is 0.357 e. The van der Waals surface area contributed by atoms with E-state index in [2.05, 4.69) is 70.9 Å². The molecule has 0 radical (unpaired) electrons. The molecule has 1 amide bonds. The van der Waals surface area contributed by atoms with Gasteiger partial charge in [0.2, 0.25) is 5.91 Å². The second kappa shape index (κ2) is 10.8. The van der Waals surface area contributed by atoms with Crippen LogP contribution in [0, 0.1) is 0 Å². The van der Waals surface area contributed by atoms with Gasteiger partial charge >= 0.3 is 0 Å². The summed E-state index contributed by atoms with van der Waals surface area (Å²) in [5, 5.41) is 4.24. The number of H-pyrrole nitrogens is 1. The molecule has 32 heavy (non-hydrogen) atoms. The van der Waals surface area contributed by atoms with Crippen LogP contribution in [0.15, 0.2) is 12.1 Å². The van der Waals surface area contributed by atoms with Crippen molar-refractivity contribution < 1.29 is 4.79 Å². The third-order valence-corrected chi connectivity index (χ3v) is 6.23. The number of fused-ring (bicyclic) bond motifs is 1. The van der Waals surface area contributed by atoms with E-state index in [1.54, 1.807) is 0 Å². The summed E-state index contributed by atoms with van der Waals surface area (Å²) < 4.78 is 0. The van der Waals surface area contributed by atoms with E-state index in [1.807, 2.05) is 0 Å². The zero-order valence-corrected chi connectivity index (χ0v) is 21.5. The van der Waals surface area contributed by atoms with E-state index in [4.69, 9.17) is 11.5 Å². The third kappa shape index (κ3) is 6.58. The summed E-state index contributed by atoms with van der Waals surface area (Å²) in [6.07, 6.45) is 5.71. The van der Waals surface area contributed by atoms with E-state index in [9.17, 15) is 4.79 Å². The van der Waals surface area contributed by atoms with Gasteiger partial charge < -0.3 is 21.8 Å². The van der Waals surface area contributed by atoms with Gasteiger partial charge in [-0.2, -0.15) is 0 Å². The summed E-state index contributed by atoms with van der Waals surface area (Å²) in [7, 11) is 0. The molecule has 180 valence electrons. The maximum absolute atomic E-state index is 12.7. The highest BCUT2D eigenvalue weighted by molar-refractivity contribution is 5.90. The van der Waals surface area contributed by atoms with Crippen LogP contribution in [0.25, 0.3) is 10.9 Å². The first-order valence-electron chi connectivity index (χ1n) is 12.3. The Labute approximate surface area is 195 Å². The molecule has 0 fully saturated rings. The van der Waals surface area contributed by atoms with Crippen molar-refractivity contribution in [1.29, 1.82) is 0 Å². The molecule has 0 spiro atoms. The number of rotatable bonds is 10. The second-order valence-electron chi connectivity index (χ2n) is 11.2. The number of carbonyl (C=O) groups is 1. The number of aryl methyl sites for hydroxylation is 1. The summed E-state index contributed by atoms with van der Waals surface area (Å²) in [5.41, 5.74) is 18.1. The van der Waals surface area contributed by atoms with Crippen molar-refractivity contribution in [2.75, 3.05) is 13.1 Å². The highest BCUT2D eigenvalue weighted by Crippen LogP contribution is 2.38. The number of hydrogen-bond acceptors (Lipinski definition) is 3. The molecule has 5 nitrogen and oxygen atoms in total. The smallest absolute Gasteiger partial charge is 0.237 e. The van der Waals surface area contributed by atoms with Gasteiger partial charge in [0.1, 0.15) is 0 Å². The van der Waals surface area contributed by atoms with Crippen molar-refractivity contribution in [3.8, 4) is 0 Å². The summed E-state index contributed by atoms with van der Waals surface area (Å²) in [5.74, 6) is -0.0688. The van der Waals surface area contributed by atoms with Crippen LogP contribution in [0.1, 0.15) is 96.5 Å². The van der Waals surface area contributed by atoms with Gasteiger partial charge in [0.05, 0.1) is 6.04 Å². The van der Waals surface area contributed by atoms with E-state index >= 15 is 0 Å². The fourth-order valence-corrected chi connectivity index (χ4v) is 4.34. The monoisotopic (exact) mass is 442 g/mol. The first-order valence-corrected chi connectivity index (χ1v) is 12.3. The van der Waals surface area contributed by atoms with Gasteiger partial charge in [0, 0.05) is 28.6 Å². The summed E-state index contributed by atoms with van der Waals surface area (Å²) in [4.78, 5) is 16.5. The van der Waals surface area contributed by atoms with E-state index in [-0.39, 0.29) is 16.7 Å². The molecule has 0 bridgehead atoms. The molecule has 0 aliphatic carbocycles. The van der Waals surface area contributed by atoms with E-state index in [1.165, 1.54) is 33.3 Å². The lowest BCUT2D eigenvalue weighted by atomic mass is 9.83. The van der Waals surface area contributed by atoms with E-state index in [0.717, 1.165) is 38.6 Å². The number of aromatic amines is 1. The molecular weight excluding hydrogens is 396 g/mol. The van der Waals surface area contributed by atoms with Gasteiger partial charge in [-0.3, -0.25) is 4.79 Å². The van der Waals surface area contributed by atoms with Crippen molar-refractivity contribution in [2.24, 2.45) is 11.5 Å². The third-order valence-electron chi connectivity index (χ3n) is 6.23. The molecule has 1 aromatic heterocycles. The Morgan fingerprint density at radius 1 is 1.03 bits per heavy atom. The fraction of sp³-hybridized carbons (Fsp3) is 0.667. The normalized spacial score (nSPS) is 13.5. The quantitative estimate of drug-likeness (QED) is 0.397. The minimum Gasteiger partial charge on any atom is -0.357 e. The van der Waals surface area contributed by atoms with Crippen LogP contribution in [0.4, 0.5) is 0 Å². The van der Waals surface area contributed by atoms with Gasteiger partial charge in [-0.15, -0.1) is 0 Å². The Kier molecular flexibility index (Phi) is 8.95. The minimum atomic E-state index is -0.567. The Morgan fingerprint density at radius 2 is 1.69 bits per heavy atom. The number of nitrogens with one attached hydrogen (secondary N) is 2. The number of nitrogens with two attached hydrogens (primary N) is 2. The molecular formula is C27H46N4O. The topological polar surface area (TPSA) is 96.9 Å². The summed E-state index contributed by atoms with van der Waals surface area (Å²) >= 11 is 0. The number of unbranched alkanes of at least 4 members (excludes halogenated alkanes) is 3. The molecule has 0 saturated heterocycles. The molecule has 0 aliphatic rings. The first-order chi connectivity index (χ1) is 14.9. The van der Waals surface area contributed by atoms with Crippen LogP contribution in [-0.2, 0) is 28.5 Å². The van der Waals surface area contributed by atoms with Gasteiger partial charge in [-0.25, -0.2) is 0 Å². The SMILES string of the molecule is CCc1cc(C(C)(C)C)c2[nH]c(C(C)(C)C)c(C[C@H](N)C(=O)NCCCCCCN)c2c1. The highest BCUT2D eigenvalue weighted by atomic mass is 16.2. The molecule has 2 aromatic rings. The molecule has 0 aliphatic heterocycles. The van der Waals surface area contributed by atoms with Crippen LogP contribution in [-0.4, -0.2) is 30.0 Å². The molecule has 6 N–H and O–H groups in total. The maximum atomic E-state index is 12.7. The lowest BCUT2D eigenvalue weighted by molar-refractivity contribution is -0.122. The van der Waals surface area contributed by atoms with Crippen molar-refractivity contribution in [3.63, 3.8) is 0 Å². The van der Waals surface area contributed by atoms with E-state index < -0.39 is 6.04 Å². The van der Waals surface area contributed by atoms with Gasteiger partial charge in [-0.05, 0) is 60.4 Å². The average molecular weight is 443 g/mol. The first kappa shape index (κ1) is 26.4. The molecule has 0 unspecified atom stereocenters. The predicted octanol–water partition coefficient (Wildman–Crippen LogP) is 4.83. The van der Waals surface area contributed by atoms with Crippen molar-refractivity contribution in [2.45, 2.75) is 104 Å². The molecule has 1 heterocycles. The Balaban J connectivity index is 2.34. The second-order valence-corrected chi connectivity index (χ2v) is 11.2. The highest BCUT2D eigenvalue weighted by Gasteiger charge is 2.28. The maximum Gasteiger partial charge on any atom is 0.237 e. The van der Waals surface area contributed by atoms with Gasteiger partial charge in [-0.1, -0.05) is 67.4 Å². The van der Waals surface area contributed by atoms with Crippen LogP contribution < -0.4 is 16.8 Å². The zero-order valence-electron chi connectivity index (χ0n) is 21.5. The Hall–Kier alpha value is -1.85.